The Bertz CT molecular complexity index is 1050. The number of benzene rings is 2. The molecule has 1 saturated heterocycles. The number of sulfonamides is 1. The summed E-state index contributed by atoms with van der Waals surface area (Å²) in [6.07, 6.45) is 1.24. The molecular formula is C22H27ClN2O4S. The third kappa shape index (κ3) is 4.63. The number of nitrogens with one attached hydrogen (secondary N) is 1. The van der Waals surface area contributed by atoms with Gasteiger partial charge in [-0.05, 0) is 62.9 Å². The van der Waals surface area contributed by atoms with Gasteiger partial charge in [0.05, 0.1) is 13.0 Å². The van der Waals surface area contributed by atoms with Gasteiger partial charge in [0.15, 0.2) is 0 Å². The van der Waals surface area contributed by atoms with E-state index < -0.39 is 15.9 Å². The van der Waals surface area contributed by atoms with E-state index in [1.54, 1.807) is 6.07 Å². The molecule has 6 nitrogen and oxygen atoms in total. The van der Waals surface area contributed by atoms with Gasteiger partial charge in [-0.25, -0.2) is 8.42 Å². The molecule has 1 heterocycles. The highest BCUT2D eigenvalue weighted by atomic mass is 35.5. The molecule has 30 heavy (non-hydrogen) atoms. The summed E-state index contributed by atoms with van der Waals surface area (Å²) in [7, 11) is -2.43. The van der Waals surface area contributed by atoms with Crippen LogP contribution in [0.25, 0.3) is 0 Å². The highest BCUT2D eigenvalue weighted by Crippen LogP contribution is 2.32. The van der Waals surface area contributed by atoms with E-state index in [-0.39, 0.29) is 23.1 Å². The van der Waals surface area contributed by atoms with Gasteiger partial charge >= 0.3 is 0 Å². The Hall–Kier alpha value is -2.09. The van der Waals surface area contributed by atoms with Gasteiger partial charge in [0.2, 0.25) is 15.9 Å². The van der Waals surface area contributed by atoms with Crippen LogP contribution in [-0.2, 0) is 14.8 Å². The predicted molar refractivity (Wildman–Crippen MR) is 119 cm³/mol. The number of ether oxygens (including phenoxy) is 1. The number of rotatable bonds is 5. The van der Waals surface area contributed by atoms with Crippen molar-refractivity contribution in [3.05, 3.63) is 52.0 Å². The van der Waals surface area contributed by atoms with E-state index in [4.69, 9.17) is 16.3 Å². The average Bonchev–Trinajstić information content (AvgIpc) is 2.70. The molecule has 2 aromatic carbocycles. The molecule has 1 N–H and O–H groups in total. The van der Waals surface area contributed by atoms with E-state index in [0.29, 0.717) is 24.4 Å². The molecule has 0 aromatic heterocycles. The average molecular weight is 451 g/mol. The van der Waals surface area contributed by atoms with Crippen LogP contribution >= 0.6 is 11.6 Å². The Morgan fingerprint density at radius 2 is 1.83 bits per heavy atom. The second kappa shape index (κ2) is 8.96. The van der Waals surface area contributed by atoms with Crippen LogP contribution in [0.4, 0.5) is 5.69 Å². The fraction of sp³-hybridized carbons (Fsp3) is 0.409. The lowest BCUT2D eigenvalue weighted by Crippen LogP contribution is -2.43. The van der Waals surface area contributed by atoms with Crippen molar-refractivity contribution < 1.29 is 17.9 Å². The molecule has 1 aliphatic rings. The van der Waals surface area contributed by atoms with Gasteiger partial charge < -0.3 is 10.1 Å². The van der Waals surface area contributed by atoms with E-state index in [1.165, 1.54) is 23.5 Å². The number of anilines is 1. The molecule has 0 radical (unpaired) electrons. The molecule has 3 rings (SSSR count). The quantitative estimate of drug-likeness (QED) is 0.736. The van der Waals surface area contributed by atoms with Crippen molar-refractivity contribution in [2.24, 2.45) is 5.92 Å². The van der Waals surface area contributed by atoms with Crippen LogP contribution in [0, 0.1) is 26.7 Å². The van der Waals surface area contributed by atoms with Gasteiger partial charge in [0.25, 0.3) is 0 Å². The first-order chi connectivity index (χ1) is 14.1. The normalized spacial score (nSPS) is 17.6. The maximum absolute atomic E-state index is 13.2. The zero-order valence-electron chi connectivity index (χ0n) is 17.7. The van der Waals surface area contributed by atoms with Crippen molar-refractivity contribution in [2.75, 3.05) is 25.5 Å². The lowest BCUT2D eigenvalue weighted by atomic mass is 9.98. The van der Waals surface area contributed by atoms with Crippen LogP contribution in [0.15, 0.2) is 35.2 Å². The maximum atomic E-state index is 13.2. The molecule has 162 valence electrons. The van der Waals surface area contributed by atoms with Crippen molar-refractivity contribution in [2.45, 2.75) is 38.5 Å². The smallest absolute Gasteiger partial charge is 0.246 e. The minimum Gasteiger partial charge on any atom is -0.495 e. The van der Waals surface area contributed by atoms with Crippen LogP contribution in [0.3, 0.4) is 0 Å². The van der Waals surface area contributed by atoms with Crippen LogP contribution in [-0.4, -0.2) is 38.8 Å². The first-order valence-electron chi connectivity index (χ1n) is 9.86. The molecule has 1 amide bonds. The largest absolute Gasteiger partial charge is 0.495 e. The number of methoxy groups -OCH3 is 1. The summed E-state index contributed by atoms with van der Waals surface area (Å²) >= 11 is 6.03. The Kier molecular flexibility index (Phi) is 6.75. The summed E-state index contributed by atoms with van der Waals surface area (Å²) in [6.45, 7) is 6.40. The fourth-order valence-electron chi connectivity index (χ4n) is 3.97. The Labute approximate surface area is 183 Å². The van der Waals surface area contributed by atoms with Crippen molar-refractivity contribution in [1.29, 1.82) is 0 Å². The highest BCUT2D eigenvalue weighted by molar-refractivity contribution is 7.89. The first kappa shape index (κ1) is 22.6. The third-order valence-corrected chi connectivity index (χ3v) is 7.55. The van der Waals surface area contributed by atoms with Gasteiger partial charge in [0, 0.05) is 23.8 Å². The predicted octanol–water partition coefficient (Wildman–Crippen LogP) is 4.31. The number of piperidine rings is 1. The molecule has 0 unspecified atom stereocenters. The maximum Gasteiger partial charge on any atom is 0.246 e. The summed E-state index contributed by atoms with van der Waals surface area (Å²) < 4.78 is 33.1. The zero-order valence-corrected chi connectivity index (χ0v) is 19.2. The topological polar surface area (TPSA) is 75.7 Å². The number of carbonyl (C=O) groups excluding carboxylic acids is 1. The van der Waals surface area contributed by atoms with Gasteiger partial charge in [0.1, 0.15) is 10.6 Å². The number of carbonyl (C=O) groups is 1. The van der Waals surface area contributed by atoms with Crippen LogP contribution < -0.4 is 10.1 Å². The van der Waals surface area contributed by atoms with Crippen LogP contribution in [0.2, 0.25) is 5.02 Å². The van der Waals surface area contributed by atoms with Gasteiger partial charge in [-0.3, -0.25) is 4.79 Å². The highest BCUT2D eigenvalue weighted by Gasteiger charge is 2.35. The summed E-state index contributed by atoms with van der Waals surface area (Å²) in [5.41, 5.74) is 3.91. The Morgan fingerprint density at radius 3 is 2.47 bits per heavy atom. The van der Waals surface area contributed by atoms with Crippen LogP contribution in [0.1, 0.15) is 29.5 Å². The van der Waals surface area contributed by atoms with E-state index in [1.807, 2.05) is 32.9 Å². The van der Waals surface area contributed by atoms with E-state index >= 15 is 0 Å². The SMILES string of the molecule is COc1ccc(Cl)cc1S(=O)(=O)N1CCC[C@H](C(=O)Nc2c(C)cc(C)cc2C)C1. The Balaban J connectivity index is 1.82. The summed E-state index contributed by atoms with van der Waals surface area (Å²) in [5.74, 6) is -0.362. The third-order valence-electron chi connectivity index (χ3n) is 5.42. The monoisotopic (exact) mass is 450 g/mol. The van der Waals surface area contributed by atoms with Crippen LogP contribution in [0.5, 0.6) is 5.75 Å². The van der Waals surface area contributed by atoms with Crippen molar-refractivity contribution in [3.63, 3.8) is 0 Å². The van der Waals surface area contributed by atoms with E-state index in [9.17, 15) is 13.2 Å². The van der Waals surface area contributed by atoms with Crippen molar-refractivity contribution >= 4 is 33.2 Å². The molecule has 1 fully saturated rings. The standard InChI is InChI=1S/C22H27ClN2O4S/c1-14-10-15(2)21(16(3)11-14)24-22(26)17-6-5-9-25(13-17)30(27,28)20-12-18(23)7-8-19(20)29-4/h7-8,10-12,17H,5-6,9,13H2,1-4H3,(H,24,26)/t17-/m0/s1. The lowest BCUT2D eigenvalue weighted by molar-refractivity contribution is -0.120. The number of hydrogen-bond acceptors (Lipinski definition) is 4. The van der Waals surface area contributed by atoms with Crippen molar-refractivity contribution in [3.8, 4) is 5.75 Å². The molecule has 0 saturated carbocycles. The second-order valence-corrected chi connectivity index (χ2v) is 10.1. The molecule has 0 aliphatic carbocycles. The second-order valence-electron chi connectivity index (χ2n) is 7.76. The van der Waals surface area contributed by atoms with E-state index in [2.05, 4.69) is 5.32 Å². The zero-order chi connectivity index (χ0) is 22.1. The minimum absolute atomic E-state index is 0.0174. The molecule has 8 heteroatoms. The Morgan fingerprint density at radius 1 is 1.17 bits per heavy atom. The molecule has 0 spiro atoms. The lowest BCUT2D eigenvalue weighted by Gasteiger charge is -2.31. The van der Waals surface area contributed by atoms with E-state index in [0.717, 1.165) is 22.4 Å². The molecule has 2 aromatic rings. The molecule has 0 bridgehead atoms. The number of aryl methyl sites for hydroxylation is 3. The minimum atomic E-state index is -3.84. The van der Waals surface area contributed by atoms with Gasteiger partial charge in [-0.15, -0.1) is 0 Å². The fourth-order valence-corrected chi connectivity index (χ4v) is 5.91. The molecule has 1 atom stereocenters. The summed E-state index contributed by atoms with van der Waals surface area (Å²) in [5, 5.41) is 3.32. The number of amides is 1. The number of nitrogens with zero attached hydrogens (tertiary/aromatic N) is 1. The van der Waals surface area contributed by atoms with Gasteiger partial charge in [-0.1, -0.05) is 29.3 Å². The summed E-state index contributed by atoms with van der Waals surface area (Å²) in [4.78, 5) is 13.0. The number of halogens is 1. The number of hydrogen-bond donors (Lipinski definition) is 1. The van der Waals surface area contributed by atoms with Gasteiger partial charge in [-0.2, -0.15) is 4.31 Å². The summed E-state index contributed by atoms with van der Waals surface area (Å²) in [6, 6.07) is 8.54. The molecule has 1 aliphatic heterocycles. The first-order valence-corrected chi connectivity index (χ1v) is 11.7. The molecular weight excluding hydrogens is 424 g/mol. The van der Waals surface area contributed by atoms with Crippen molar-refractivity contribution in [1.82, 2.24) is 4.31 Å².